The van der Waals surface area contributed by atoms with E-state index in [0.29, 0.717) is 13.2 Å². The van der Waals surface area contributed by atoms with Crippen molar-refractivity contribution in [3.63, 3.8) is 0 Å². The minimum absolute atomic E-state index is 0.0357. The Morgan fingerprint density at radius 2 is 2.00 bits per heavy atom. The molecule has 0 aromatic carbocycles. The van der Waals surface area contributed by atoms with E-state index in [1.54, 1.807) is 6.92 Å². The monoisotopic (exact) mass is 312 g/mol. The molecular weight excluding hydrogens is 284 g/mol. The van der Waals surface area contributed by atoms with Gasteiger partial charge in [-0.1, -0.05) is 13.8 Å². The van der Waals surface area contributed by atoms with E-state index in [-0.39, 0.29) is 36.0 Å². The number of nitrogens with one attached hydrogen (secondary N) is 1. The Kier molecular flexibility index (Phi) is 7.51. The highest BCUT2D eigenvalue weighted by atomic mass is 16.5. The van der Waals surface area contributed by atoms with Crippen LogP contribution >= 0.6 is 0 Å². The molecule has 2 atom stereocenters. The van der Waals surface area contributed by atoms with Crippen LogP contribution in [0.5, 0.6) is 0 Å². The summed E-state index contributed by atoms with van der Waals surface area (Å²) in [5, 5.41) is 2.79. The molecule has 0 aromatic heterocycles. The van der Waals surface area contributed by atoms with Crippen LogP contribution in [-0.2, 0) is 19.1 Å². The number of hydrogen-bond acceptors (Lipinski definition) is 5. The summed E-state index contributed by atoms with van der Waals surface area (Å²) < 4.78 is 5.05. The number of Topliss-reactive ketones (excluding diaryl/α,β-unsaturated/α-hetero) is 1. The molecule has 0 saturated carbocycles. The number of nitrogens with zero attached hydrogens (tertiary/aromatic N) is 1. The van der Waals surface area contributed by atoms with E-state index in [2.05, 4.69) is 5.32 Å². The third kappa shape index (κ3) is 5.75. The van der Waals surface area contributed by atoms with Gasteiger partial charge in [0.1, 0.15) is 0 Å². The van der Waals surface area contributed by atoms with Gasteiger partial charge in [0, 0.05) is 6.54 Å². The first-order valence-electron chi connectivity index (χ1n) is 8.04. The highest BCUT2D eigenvalue weighted by molar-refractivity contribution is 5.88. The van der Waals surface area contributed by atoms with Gasteiger partial charge in [-0.25, -0.2) is 0 Å². The number of hydrogen-bond donors (Lipinski definition) is 1. The SMILES string of the molecule is CCOC(=O)C1CCCN(CC(=O)NC(C(C)=O)C(C)C)C1. The van der Waals surface area contributed by atoms with Crippen LogP contribution in [0.4, 0.5) is 0 Å². The van der Waals surface area contributed by atoms with Crippen LogP contribution < -0.4 is 5.32 Å². The number of likely N-dealkylation sites (tertiary alicyclic amines) is 1. The quantitative estimate of drug-likeness (QED) is 0.710. The van der Waals surface area contributed by atoms with Crippen molar-refractivity contribution < 1.29 is 19.1 Å². The molecule has 1 rings (SSSR count). The molecule has 2 unspecified atom stereocenters. The summed E-state index contributed by atoms with van der Waals surface area (Å²) in [4.78, 5) is 37.4. The number of carbonyl (C=O) groups is 3. The van der Waals surface area contributed by atoms with Crippen molar-refractivity contribution >= 4 is 17.7 Å². The van der Waals surface area contributed by atoms with Gasteiger partial charge < -0.3 is 10.1 Å². The van der Waals surface area contributed by atoms with Gasteiger partial charge in [0.2, 0.25) is 5.91 Å². The zero-order chi connectivity index (χ0) is 16.7. The molecule has 22 heavy (non-hydrogen) atoms. The number of ether oxygens (including phenoxy) is 1. The molecule has 1 heterocycles. The lowest BCUT2D eigenvalue weighted by Crippen LogP contribution is -2.49. The summed E-state index contributed by atoms with van der Waals surface area (Å²) in [6, 6.07) is -0.446. The number of carbonyl (C=O) groups excluding carboxylic acids is 3. The fourth-order valence-corrected chi connectivity index (χ4v) is 2.81. The molecule has 6 nitrogen and oxygen atoms in total. The van der Waals surface area contributed by atoms with Crippen LogP contribution in [0.1, 0.15) is 40.5 Å². The maximum Gasteiger partial charge on any atom is 0.310 e. The standard InChI is InChI=1S/C16H28N2O4/c1-5-22-16(21)13-7-6-8-18(9-13)10-14(20)17-15(11(2)3)12(4)19/h11,13,15H,5-10H2,1-4H3,(H,17,20). The molecule has 0 radical (unpaired) electrons. The number of piperidine rings is 1. The van der Waals surface area contributed by atoms with E-state index in [1.165, 1.54) is 6.92 Å². The molecular formula is C16H28N2O4. The first-order valence-corrected chi connectivity index (χ1v) is 8.04. The Labute approximate surface area is 132 Å². The van der Waals surface area contributed by atoms with Crippen molar-refractivity contribution in [1.82, 2.24) is 10.2 Å². The molecule has 1 aliphatic heterocycles. The van der Waals surface area contributed by atoms with Crippen LogP contribution in [0.25, 0.3) is 0 Å². The van der Waals surface area contributed by atoms with Crippen molar-refractivity contribution in [2.24, 2.45) is 11.8 Å². The zero-order valence-corrected chi connectivity index (χ0v) is 14.1. The lowest BCUT2D eigenvalue weighted by Gasteiger charge is -2.31. The average Bonchev–Trinajstić information content (AvgIpc) is 2.44. The summed E-state index contributed by atoms with van der Waals surface area (Å²) in [7, 11) is 0. The minimum Gasteiger partial charge on any atom is -0.466 e. The second-order valence-electron chi connectivity index (χ2n) is 6.23. The van der Waals surface area contributed by atoms with Gasteiger partial charge in [-0.2, -0.15) is 0 Å². The predicted molar refractivity (Wildman–Crippen MR) is 83.2 cm³/mol. The molecule has 1 aliphatic rings. The molecule has 0 spiro atoms. The highest BCUT2D eigenvalue weighted by Gasteiger charge is 2.28. The Balaban J connectivity index is 2.50. The largest absolute Gasteiger partial charge is 0.466 e. The summed E-state index contributed by atoms with van der Waals surface area (Å²) in [6.45, 7) is 9.02. The number of amides is 1. The van der Waals surface area contributed by atoms with Gasteiger partial charge in [0.25, 0.3) is 0 Å². The third-order valence-corrected chi connectivity index (χ3v) is 3.91. The van der Waals surface area contributed by atoms with E-state index < -0.39 is 6.04 Å². The van der Waals surface area contributed by atoms with Gasteiger partial charge in [-0.15, -0.1) is 0 Å². The topological polar surface area (TPSA) is 75.7 Å². The number of rotatable bonds is 7. The smallest absolute Gasteiger partial charge is 0.310 e. The van der Waals surface area contributed by atoms with E-state index in [9.17, 15) is 14.4 Å². The van der Waals surface area contributed by atoms with Gasteiger partial charge in [0.15, 0.2) is 5.78 Å². The van der Waals surface area contributed by atoms with Gasteiger partial charge in [-0.3, -0.25) is 19.3 Å². The first-order chi connectivity index (χ1) is 10.3. The van der Waals surface area contributed by atoms with Gasteiger partial charge in [-0.05, 0) is 39.2 Å². The second kappa shape index (κ2) is 8.88. The van der Waals surface area contributed by atoms with Crippen molar-refractivity contribution in [1.29, 1.82) is 0 Å². The maximum absolute atomic E-state index is 12.1. The van der Waals surface area contributed by atoms with E-state index >= 15 is 0 Å². The van der Waals surface area contributed by atoms with E-state index in [0.717, 1.165) is 19.4 Å². The first kappa shape index (κ1) is 18.6. The Hall–Kier alpha value is -1.43. The Morgan fingerprint density at radius 3 is 2.55 bits per heavy atom. The maximum atomic E-state index is 12.1. The number of esters is 1. The summed E-state index contributed by atoms with van der Waals surface area (Å²) in [5.74, 6) is -0.480. The van der Waals surface area contributed by atoms with E-state index in [4.69, 9.17) is 4.74 Å². The summed E-state index contributed by atoms with van der Waals surface area (Å²) in [5.41, 5.74) is 0. The lowest BCUT2D eigenvalue weighted by molar-refractivity contribution is -0.150. The molecule has 1 N–H and O–H groups in total. The fourth-order valence-electron chi connectivity index (χ4n) is 2.81. The number of ketones is 1. The van der Waals surface area contributed by atoms with Crippen LogP contribution in [0, 0.1) is 11.8 Å². The molecule has 0 bridgehead atoms. The second-order valence-corrected chi connectivity index (χ2v) is 6.23. The van der Waals surface area contributed by atoms with Crippen LogP contribution in [0.15, 0.2) is 0 Å². The van der Waals surface area contributed by atoms with Crippen molar-refractivity contribution in [2.45, 2.75) is 46.6 Å². The Morgan fingerprint density at radius 1 is 1.32 bits per heavy atom. The fraction of sp³-hybridized carbons (Fsp3) is 0.812. The highest BCUT2D eigenvalue weighted by Crippen LogP contribution is 2.17. The van der Waals surface area contributed by atoms with Crippen molar-refractivity contribution in [3.05, 3.63) is 0 Å². The lowest BCUT2D eigenvalue weighted by atomic mass is 9.98. The summed E-state index contributed by atoms with van der Waals surface area (Å²) >= 11 is 0. The van der Waals surface area contributed by atoms with Gasteiger partial charge in [0.05, 0.1) is 25.1 Å². The molecule has 0 aromatic rings. The van der Waals surface area contributed by atoms with Crippen LogP contribution in [0.3, 0.4) is 0 Å². The Bertz CT molecular complexity index is 409. The normalized spacial score (nSPS) is 20.5. The van der Waals surface area contributed by atoms with Crippen LogP contribution in [-0.4, -0.2) is 54.8 Å². The van der Waals surface area contributed by atoms with Gasteiger partial charge >= 0.3 is 5.97 Å². The summed E-state index contributed by atoms with van der Waals surface area (Å²) in [6.07, 6.45) is 1.68. The average molecular weight is 312 g/mol. The van der Waals surface area contributed by atoms with E-state index in [1.807, 2.05) is 18.7 Å². The van der Waals surface area contributed by atoms with Crippen molar-refractivity contribution in [3.8, 4) is 0 Å². The predicted octanol–water partition coefficient (Wildman–Crippen LogP) is 0.991. The zero-order valence-electron chi connectivity index (χ0n) is 14.1. The molecule has 1 fully saturated rings. The molecule has 6 heteroatoms. The third-order valence-electron chi connectivity index (χ3n) is 3.91. The molecule has 0 aliphatic carbocycles. The minimum atomic E-state index is -0.446. The molecule has 1 saturated heterocycles. The molecule has 126 valence electrons. The van der Waals surface area contributed by atoms with Crippen molar-refractivity contribution in [2.75, 3.05) is 26.2 Å². The van der Waals surface area contributed by atoms with Crippen LogP contribution in [0.2, 0.25) is 0 Å². The molecule has 1 amide bonds.